The summed E-state index contributed by atoms with van der Waals surface area (Å²) >= 11 is 0. The van der Waals surface area contributed by atoms with Crippen molar-refractivity contribution in [2.45, 2.75) is 25.8 Å². The summed E-state index contributed by atoms with van der Waals surface area (Å²) in [5.74, 6) is -0.259. The third-order valence-corrected chi connectivity index (χ3v) is 2.64. The lowest BCUT2D eigenvalue weighted by Crippen LogP contribution is -2.36. The predicted molar refractivity (Wildman–Crippen MR) is 58.7 cm³/mol. The molecule has 0 aliphatic carbocycles. The molecular formula is C12H14FN2O+. The molecule has 16 heavy (non-hydrogen) atoms. The van der Waals surface area contributed by atoms with Gasteiger partial charge in [-0.25, -0.2) is 4.39 Å². The molecule has 1 aliphatic heterocycles. The molecular weight excluding hydrogens is 207 g/mol. The summed E-state index contributed by atoms with van der Waals surface area (Å²) in [6.45, 7) is 3.95. The molecule has 84 valence electrons. The third kappa shape index (κ3) is 2.10. The summed E-state index contributed by atoms with van der Waals surface area (Å²) in [6.07, 6.45) is 2.27. The van der Waals surface area contributed by atoms with Gasteiger partial charge in [-0.05, 0) is 24.3 Å². The SMILES string of the molecule is CC1(C)CC(=O)N/[N+]1=C\c1ccc(F)cc1. The summed E-state index contributed by atoms with van der Waals surface area (Å²) in [7, 11) is 0. The smallest absolute Gasteiger partial charge is 0.269 e. The number of hydrazone groups is 1. The number of hydrazine groups is 1. The monoisotopic (exact) mass is 221 g/mol. The van der Waals surface area contributed by atoms with Gasteiger partial charge in [0.2, 0.25) is 6.21 Å². The second-order valence-electron chi connectivity index (χ2n) is 4.57. The molecule has 4 heteroatoms. The standard InChI is InChI=1S/C12H13FN2O/c1-12(2)7-11(16)14-15(12)8-9-3-5-10(13)6-4-9/h3-6,8H,7H2,1-2H3/p+1/b15-8-. The van der Waals surface area contributed by atoms with Crippen molar-refractivity contribution in [2.24, 2.45) is 0 Å². The quantitative estimate of drug-likeness (QED) is 0.715. The van der Waals surface area contributed by atoms with Crippen LogP contribution in [0.15, 0.2) is 24.3 Å². The lowest BCUT2D eigenvalue weighted by atomic mass is 10.0. The Morgan fingerprint density at radius 3 is 2.50 bits per heavy atom. The third-order valence-electron chi connectivity index (χ3n) is 2.64. The van der Waals surface area contributed by atoms with E-state index in [1.807, 2.05) is 20.1 Å². The number of hydrogen-bond donors (Lipinski definition) is 1. The maximum absolute atomic E-state index is 12.7. The highest BCUT2D eigenvalue weighted by atomic mass is 19.1. The molecule has 0 saturated carbocycles. The van der Waals surface area contributed by atoms with Gasteiger partial charge in [0.1, 0.15) is 5.82 Å². The highest BCUT2D eigenvalue weighted by Gasteiger charge is 2.42. The van der Waals surface area contributed by atoms with E-state index >= 15 is 0 Å². The number of halogens is 1. The maximum Gasteiger partial charge on any atom is 0.281 e. The molecule has 1 aliphatic rings. The zero-order valence-electron chi connectivity index (χ0n) is 9.33. The van der Waals surface area contributed by atoms with E-state index in [-0.39, 0.29) is 17.3 Å². The average molecular weight is 221 g/mol. The van der Waals surface area contributed by atoms with E-state index in [1.54, 1.807) is 16.8 Å². The topological polar surface area (TPSA) is 32.1 Å². The Morgan fingerprint density at radius 1 is 1.38 bits per heavy atom. The number of hydrogen-bond acceptors (Lipinski definition) is 1. The van der Waals surface area contributed by atoms with Crippen molar-refractivity contribution in [3.63, 3.8) is 0 Å². The van der Waals surface area contributed by atoms with Crippen molar-refractivity contribution in [2.75, 3.05) is 0 Å². The van der Waals surface area contributed by atoms with E-state index in [0.717, 1.165) is 5.56 Å². The zero-order chi connectivity index (χ0) is 11.8. The van der Waals surface area contributed by atoms with Crippen LogP contribution in [0, 0.1) is 5.82 Å². The van der Waals surface area contributed by atoms with Crippen molar-refractivity contribution < 1.29 is 13.9 Å². The molecule has 0 bridgehead atoms. The Labute approximate surface area is 93.6 Å². The first kappa shape index (κ1) is 10.8. The maximum atomic E-state index is 12.7. The van der Waals surface area contributed by atoms with Crippen LogP contribution < -0.4 is 5.43 Å². The van der Waals surface area contributed by atoms with Crippen molar-refractivity contribution in [1.29, 1.82) is 0 Å². The molecule has 3 nitrogen and oxygen atoms in total. The van der Waals surface area contributed by atoms with Gasteiger partial charge < -0.3 is 0 Å². The highest BCUT2D eigenvalue weighted by Crippen LogP contribution is 2.18. The zero-order valence-corrected chi connectivity index (χ0v) is 9.33. The first-order valence-corrected chi connectivity index (χ1v) is 5.17. The number of rotatable bonds is 1. The molecule has 0 unspecified atom stereocenters. The van der Waals surface area contributed by atoms with Crippen LogP contribution in [0.2, 0.25) is 0 Å². The summed E-state index contributed by atoms with van der Waals surface area (Å²) in [5, 5.41) is 0. The Balaban J connectivity index is 2.31. The normalized spacial score (nSPS) is 21.2. The van der Waals surface area contributed by atoms with E-state index in [4.69, 9.17) is 0 Å². The Bertz CT molecular complexity index is 449. The van der Waals surface area contributed by atoms with E-state index in [9.17, 15) is 9.18 Å². The number of carbonyl (C=O) groups is 1. The molecule has 1 aromatic rings. The van der Waals surface area contributed by atoms with Gasteiger partial charge in [0.05, 0.1) is 6.42 Å². The summed E-state index contributed by atoms with van der Waals surface area (Å²) in [6, 6.07) is 6.15. The van der Waals surface area contributed by atoms with E-state index in [1.165, 1.54) is 12.1 Å². The van der Waals surface area contributed by atoms with Gasteiger partial charge in [-0.15, -0.1) is 10.1 Å². The number of amides is 1. The van der Waals surface area contributed by atoms with Crippen molar-refractivity contribution in [1.82, 2.24) is 5.43 Å². The van der Waals surface area contributed by atoms with Crippen LogP contribution in [0.5, 0.6) is 0 Å². The number of benzene rings is 1. The van der Waals surface area contributed by atoms with Crippen LogP contribution in [0.4, 0.5) is 4.39 Å². The minimum Gasteiger partial charge on any atom is -0.269 e. The van der Waals surface area contributed by atoms with Gasteiger partial charge in [-0.3, -0.25) is 4.79 Å². The van der Waals surface area contributed by atoms with Gasteiger partial charge in [0.15, 0.2) is 5.54 Å². The number of nitrogens with one attached hydrogen (secondary N) is 1. The van der Waals surface area contributed by atoms with Gasteiger partial charge in [-0.1, -0.05) is 0 Å². The van der Waals surface area contributed by atoms with Gasteiger partial charge in [0.25, 0.3) is 5.91 Å². The first-order valence-electron chi connectivity index (χ1n) is 5.17. The predicted octanol–water partition coefficient (Wildman–Crippen LogP) is 1.47. The molecule has 0 atom stereocenters. The van der Waals surface area contributed by atoms with Crippen molar-refractivity contribution in [3.8, 4) is 0 Å². The number of nitrogens with zero attached hydrogens (tertiary/aromatic N) is 1. The van der Waals surface area contributed by atoms with Gasteiger partial charge in [0, 0.05) is 19.4 Å². The number of carbonyl (C=O) groups excluding carboxylic acids is 1. The summed E-state index contributed by atoms with van der Waals surface area (Å²) in [4.78, 5) is 11.3. The molecule has 1 saturated heterocycles. The molecule has 1 amide bonds. The van der Waals surface area contributed by atoms with Crippen LogP contribution in [0.1, 0.15) is 25.8 Å². The molecule has 2 rings (SSSR count). The van der Waals surface area contributed by atoms with Crippen LogP contribution >= 0.6 is 0 Å². The summed E-state index contributed by atoms with van der Waals surface area (Å²) in [5.41, 5.74) is 3.37. The fraction of sp³-hybridized carbons (Fsp3) is 0.333. The molecule has 1 fully saturated rings. The first-order chi connectivity index (χ1) is 7.47. The fourth-order valence-electron chi connectivity index (χ4n) is 1.71. The lowest BCUT2D eigenvalue weighted by Gasteiger charge is -2.09. The molecule has 1 heterocycles. The average Bonchev–Trinajstić information content (AvgIpc) is 2.43. The molecule has 1 aromatic carbocycles. The minimum absolute atomic E-state index is 0.00311. The Kier molecular flexibility index (Phi) is 2.50. The van der Waals surface area contributed by atoms with Crippen molar-refractivity contribution >= 4 is 12.1 Å². The largest absolute Gasteiger partial charge is 0.281 e. The summed E-state index contributed by atoms with van der Waals surface area (Å²) < 4.78 is 14.5. The van der Waals surface area contributed by atoms with Crippen LogP contribution in [-0.4, -0.2) is 22.3 Å². The fourth-order valence-corrected chi connectivity index (χ4v) is 1.71. The molecule has 0 spiro atoms. The lowest BCUT2D eigenvalue weighted by molar-refractivity contribution is -0.620. The van der Waals surface area contributed by atoms with E-state index < -0.39 is 0 Å². The van der Waals surface area contributed by atoms with Gasteiger partial charge in [-0.2, -0.15) is 0 Å². The van der Waals surface area contributed by atoms with Crippen LogP contribution in [-0.2, 0) is 4.79 Å². The highest BCUT2D eigenvalue weighted by molar-refractivity contribution is 5.80. The van der Waals surface area contributed by atoms with Crippen LogP contribution in [0.25, 0.3) is 0 Å². The van der Waals surface area contributed by atoms with E-state index in [2.05, 4.69) is 5.43 Å². The molecule has 0 aromatic heterocycles. The minimum atomic E-state index is -0.262. The van der Waals surface area contributed by atoms with E-state index in [0.29, 0.717) is 6.42 Å². The van der Waals surface area contributed by atoms with Crippen LogP contribution in [0.3, 0.4) is 0 Å². The second-order valence-corrected chi connectivity index (χ2v) is 4.57. The molecule has 0 radical (unpaired) electrons. The van der Waals surface area contributed by atoms with Gasteiger partial charge >= 0.3 is 0 Å². The second kappa shape index (κ2) is 3.70. The molecule has 1 N–H and O–H groups in total. The van der Waals surface area contributed by atoms with Crippen molar-refractivity contribution in [3.05, 3.63) is 35.6 Å². The Morgan fingerprint density at radius 2 is 2.00 bits per heavy atom. The Hall–Kier alpha value is -1.71.